The number of benzene rings is 1. The van der Waals surface area contributed by atoms with Crippen LogP contribution in [-0.4, -0.2) is 37.7 Å². The Labute approximate surface area is 188 Å². The topological polar surface area (TPSA) is 105 Å². The number of H-pyrrole nitrogens is 1. The van der Waals surface area contributed by atoms with Gasteiger partial charge in [-0.2, -0.15) is 31.4 Å². The molecule has 1 aromatic carbocycles. The summed E-state index contributed by atoms with van der Waals surface area (Å²) in [6.07, 6.45) is -10.9. The average Bonchev–Trinajstić information content (AvgIpc) is 3.37. The van der Waals surface area contributed by atoms with Crippen LogP contribution in [0.15, 0.2) is 24.3 Å². The third kappa shape index (κ3) is 6.48. The molecule has 14 heteroatoms. The number of amides is 2. The molecule has 2 aromatic heterocycles. The Hall–Kier alpha value is -3.58. The molecule has 0 atom stereocenters. The number of rotatable bonds is 8. The van der Waals surface area contributed by atoms with E-state index >= 15 is 0 Å². The molecule has 34 heavy (non-hydrogen) atoms. The Bertz CT molecular complexity index is 1180. The van der Waals surface area contributed by atoms with Crippen LogP contribution in [0.1, 0.15) is 47.3 Å². The van der Waals surface area contributed by atoms with Crippen LogP contribution >= 0.6 is 0 Å². The van der Waals surface area contributed by atoms with Gasteiger partial charge in [-0.25, -0.2) is 4.98 Å². The highest BCUT2D eigenvalue weighted by atomic mass is 19.4. The van der Waals surface area contributed by atoms with Gasteiger partial charge in [0.2, 0.25) is 5.91 Å². The van der Waals surface area contributed by atoms with Gasteiger partial charge in [0.25, 0.3) is 5.91 Å². The fourth-order valence-electron chi connectivity index (χ4n) is 3.10. The summed E-state index contributed by atoms with van der Waals surface area (Å²) in [6, 6.07) is 5.56. The number of halogens is 6. The molecule has 0 saturated carbocycles. The summed E-state index contributed by atoms with van der Waals surface area (Å²) in [5.74, 6) is -1.22. The molecule has 0 saturated heterocycles. The zero-order valence-corrected chi connectivity index (χ0v) is 17.8. The minimum atomic E-state index is -4.64. The number of imidazole rings is 1. The van der Waals surface area contributed by atoms with E-state index in [0.717, 1.165) is 0 Å². The molecule has 0 aliphatic heterocycles. The largest absolute Gasteiger partial charge is 0.433 e. The van der Waals surface area contributed by atoms with Crippen molar-refractivity contribution in [1.82, 2.24) is 30.4 Å². The van der Waals surface area contributed by atoms with Gasteiger partial charge in [-0.3, -0.25) is 14.3 Å². The zero-order valence-electron chi connectivity index (χ0n) is 17.8. The lowest BCUT2D eigenvalue weighted by Crippen LogP contribution is -2.24. The normalized spacial score (nSPS) is 12.2. The van der Waals surface area contributed by atoms with Gasteiger partial charge in [0.05, 0.1) is 24.0 Å². The molecule has 0 radical (unpaired) electrons. The molecule has 0 fully saturated rings. The smallest absolute Gasteiger partial charge is 0.352 e. The molecule has 2 heterocycles. The van der Waals surface area contributed by atoms with Crippen LogP contribution in [0.5, 0.6) is 0 Å². The van der Waals surface area contributed by atoms with E-state index in [9.17, 15) is 35.9 Å². The predicted octanol–water partition coefficient (Wildman–Crippen LogP) is 3.69. The van der Waals surface area contributed by atoms with Crippen molar-refractivity contribution >= 4 is 22.8 Å². The van der Waals surface area contributed by atoms with E-state index in [0.29, 0.717) is 33.2 Å². The van der Waals surface area contributed by atoms with E-state index in [1.54, 1.807) is 18.2 Å². The van der Waals surface area contributed by atoms with Crippen molar-refractivity contribution in [2.45, 2.75) is 51.8 Å². The van der Waals surface area contributed by atoms with Crippen LogP contribution in [0.3, 0.4) is 0 Å². The Morgan fingerprint density at radius 2 is 1.79 bits per heavy atom. The van der Waals surface area contributed by atoms with Crippen LogP contribution in [0.25, 0.3) is 11.0 Å². The summed E-state index contributed by atoms with van der Waals surface area (Å²) >= 11 is 0. The average molecular weight is 490 g/mol. The first kappa shape index (κ1) is 25.1. The van der Waals surface area contributed by atoms with Crippen LogP contribution in [0.2, 0.25) is 0 Å². The third-order valence-electron chi connectivity index (χ3n) is 4.74. The maximum Gasteiger partial charge on any atom is 0.433 e. The van der Waals surface area contributed by atoms with Crippen molar-refractivity contribution in [3.05, 3.63) is 47.0 Å². The number of carbonyl (C=O) groups excluding carboxylic acids is 2. The maximum absolute atomic E-state index is 13.0. The molecule has 0 unspecified atom stereocenters. The van der Waals surface area contributed by atoms with Gasteiger partial charge < -0.3 is 15.6 Å². The highest BCUT2D eigenvalue weighted by Crippen LogP contribution is 2.29. The highest BCUT2D eigenvalue weighted by Gasteiger charge is 2.36. The number of hydrogen-bond donors (Lipinski definition) is 3. The predicted molar refractivity (Wildman–Crippen MR) is 107 cm³/mol. The molecule has 2 amide bonds. The van der Waals surface area contributed by atoms with Crippen LogP contribution in [-0.2, 0) is 30.6 Å². The SMILES string of the molecule is CCn1nc(C(=O)NCc2nc3ccc(CNC(=O)CCC(F)(F)F)cc3[nH]2)cc1C(F)(F)F. The number of aromatic amines is 1. The quantitative estimate of drug-likeness (QED) is 0.419. The minimum Gasteiger partial charge on any atom is -0.352 e. The maximum atomic E-state index is 13.0. The van der Waals surface area contributed by atoms with Crippen molar-refractivity contribution in [3.8, 4) is 0 Å². The first-order valence-corrected chi connectivity index (χ1v) is 10.1. The molecule has 0 aliphatic rings. The number of fused-ring (bicyclic) bond motifs is 1. The summed E-state index contributed by atoms with van der Waals surface area (Å²) in [5, 5.41) is 8.53. The van der Waals surface area contributed by atoms with Gasteiger partial charge >= 0.3 is 12.4 Å². The summed E-state index contributed by atoms with van der Waals surface area (Å²) in [5.41, 5.74) is 0.263. The van der Waals surface area contributed by atoms with Gasteiger partial charge in [0.1, 0.15) is 11.5 Å². The lowest BCUT2D eigenvalue weighted by atomic mass is 10.2. The number of nitrogens with one attached hydrogen (secondary N) is 3. The summed E-state index contributed by atoms with van der Waals surface area (Å²) in [6.45, 7) is 1.31. The van der Waals surface area contributed by atoms with E-state index in [1.165, 1.54) is 6.92 Å². The number of carbonyl (C=O) groups is 2. The van der Waals surface area contributed by atoms with Gasteiger partial charge in [0, 0.05) is 25.6 Å². The summed E-state index contributed by atoms with van der Waals surface area (Å²) in [7, 11) is 0. The monoisotopic (exact) mass is 490 g/mol. The van der Waals surface area contributed by atoms with Crippen LogP contribution < -0.4 is 10.6 Å². The number of alkyl halides is 6. The molecule has 3 aromatic rings. The second-order valence-corrected chi connectivity index (χ2v) is 7.34. The number of aryl methyl sites for hydroxylation is 1. The molecule has 0 spiro atoms. The standard InChI is InChI=1S/C20H20F6N6O2/c1-2-32-15(20(24,25)26)8-14(31-32)18(34)28-10-16-29-12-4-3-11(7-13(12)30-16)9-27-17(33)5-6-19(21,22)23/h3-4,7-8H,2,5-6,9-10H2,1H3,(H,27,33)(H,28,34)(H,29,30). The van der Waals surface area contributed by atoms with Crippen molar-refractivity contribution < 1.29 is 35.9 Å². The first-order valence-electron chi connectivity index (χ1n) is 10.1. The summed E-state index contributed by atoms with van der Waals surface area (Å²) < 4.78 is 76.3. The van der Waals surface area contributed by atoms with Gasteiger partial charge in [-0.1, -0.05) is 6.07 Å². The van der Waals surface area contributed by atoms with E-state index in [-0.39, 0.29) is 25.3 Å². The third-order valence-corrected chi connectivity index (χ3v) is 4.74. The summed E-state index contributed by atoms with van der Waals surface area (Å²) in [4.78, 5) is 31.0. The molecule has 8 nitrogen and oxygen atoms in total. The molecule has 0 aliphatic carbocycles. The van der Waals surface area contributed by atoms with Crippen molar-refractivity contribution in [3.63, 3.8) is 0 Å². The van der Waals surface area contributed by atoms with Gasteiger partial charge in [-0.15, -0.1) is 0 Å². The van der Waals surface area contributed by atoms with E-state index in [2.05, 4.69) is 25.7 Å². The Morgan fingerprint density at radius 3 is 2.41 bits per heavy atom. The lowest BCUT2D eigenvalue weighted by Gasteiger charge is -2.07. The molecular weight excluding hydrogens is 470 g/mol. The Balaban J connectivity index is 1.60. The zero-order chi connectivity index (χ0) is 25.1. The minimum absolute atomic E-state index is 0.0132. The number of nitrogens with zero attached hydrogens (tertiary/aromatic N) is 3. The number of aromatic nitrogens is 4. The van der Waals surface area contributed by atoms with E-state index in [4.69, 9.17) is 0 Å². The molecule has 0 bridgehead atoms. The van der Waals surface area contributed by atoms with E-state index < -0.39 is 42.7 Å². The fraction of sp³-hybridized carbons (Fsp3) is 0.400. The van der Waals surface area contributed by atoms with Crippen molar-refractivity contribution in [2.75, 3.05) is 0 Å². The Morgan fingerprint density at radius 1 is 1.06 bits per heavy atom. The first-order chi connectivity index (χ1) is 15.9. The second kappa shape index (κ2) is 9.73. The fourth-order valence-corrected chi connectivity index (χ4v) is 3.10. The van der Waals surface area contributed by atoms with Gasteiger partial charge in [-0.05, 0) is 24.6 Å². The lowest BCUT2D eigenvalue weighted by molar-refractivity contribution is -0.144. The van der Waals surface area contributed by atoms with E-state index in [1.807, 2.05) is 0 Å². The van der Waals surface area contributed by atoms with Crippen LogP contribution in [0.4, 0.5) is 26.3 Å². The van der Waals surface area contributed by atoms with Crippen LogP contribution in [0, 0.1) is 0 Å². The molecular formula is C20H20F6N6O2. The highest BCUT2D eigenvalue weighted by molar-refractivity contribution is 5.92. The van der Waals surface area contributed by atoms with Gasteiger partial charge in [0.15, 0.2) is 5.69 Å². The molecule has 3 N–H and O–H groups in total. The second-order valence-electron chi connectivity index (χ2n) is 7.34. The number of hydrogen-bond acceptors (Lipinski definition) is 4. The molecule has 184 valence electrons. The van der Waals surface area contributed by atoms with Crippen molar-refractivity contribution in [2.24, 2.45) is 0 Å². The van der Waals surface area contributed by atoms with Crippen molar-refractivity contribution in [1.29, 1.82) is 0 Å². The Kier molecular flexibility index (Phi) is 7.17. The molecule has 3 rings (SSSR count).